The molecule has 0 aliphatic rings. The highest BCUT2D eigenvalue weighted by molar-refractivity contribution is 5.75. The number of hydrogen-bond acceptors (Lipinski definition) is 2. The Hall–Kier alpha value is -0.370. The average molecular weight is 286 g/mol. The van der Waals surface area contributed by atoms with Crippen LogP contribution in [-0.2, 0) is 4.79 Å². The highest BCUT2D eigenvalue weighted by Crippen LogP contribution is 2.05. The van der Waals surface area contributed by atoms with Gasteiger partial charge < -0.3 is 10.1 Å². The molecule has 0 spiro atoms. The van der Waals surface area contributed by atoms with Gasteiger partial charge in [-0.15, -0.1) is 0 Å². The van der Waals surface area contributed by atoms with Crippen molar-refractivity contribution in [1.82, 2.24) is 5.32 Å². The minimum Gasteiger partial charge on any atom is -0.320 e. The lowest BCUT2D eigenvalue weighted by atomic mass is 10.1. The number of Topliss-reactive ketones (excluding diaryl/α,β-unsaturated/α-hetero) is 1. The van der Waals surface area contributed by atoms with Crippen molar-refractivity contribution in [2.75, 3.05) is 13.6 Å². The molecule has 1 N–H and O–H groups in total. The Morgan fingerprint density at radius 2 is 1.20 bits per heavy atom. The number of unbranched alkanes of at least 4 members (excludes halogenated alkanes) is 9. The van der Waals surface area contributed by atoms with Crippen molar-refractivity contribution in [3.63, 3.8) is 0 Å². The Morgan fingerprint density at radius 1 is 0.750 bits per heavy atom. The molecule has 0 aromatic rings. The number of carbonyl (C=O) groups is 1. The molecule has 0 saturated carbocycles. The van der Waals surface area contributed by atoms with E-state index in [0.29, 0.717) is 5.78 Å². The first-order chi connectivity index (χ1) is 9.68. The molecular weight excluding hydrogens is 246 g/mol. The van der Waals surface area contributed by atoms with E-state index in [1.807, 2.05) is 7.05 Å². The molecule has 0 radical (unpaired) electrons. The molecule has 0 aromatic carbocycles. The van der Waals surface area contributed by atoms with E-state index < -0.39 is 0 Å². The third-order valence-electron chi connectivity index (χ3n) is 3.41. The molecule has 0 bridgehead atoms. The van der Waals surface area contributed by atoms with E-state index in [0.717, 1.165) is 12.8 Å². The molecule has 0 rings (SSSR count). The number of nitrogens with one attached hydrogen (secondary N) is 1. The maximum atomic E-state index is 10.5. The highest BCUT2D eigenvalue weighted by atomic mass is 16.1. The summed E-state index contributed by atoms with van der Waals surface area (Å²) in [5.74, 6) is 0.330. The van der Waals surface area contributed by atoms with Crippen LogP contribution >= 0.6 is 0 Å². The molecule has 0 aliphatic carbocycles. The van der Waals surface area contributed by atoms with Gasteiger partial charge in [0, 0.05) is 6.42 Å². The Labute approximate surface area is 128 Å². The zero-order valence-corrected chi connectivity index (χ0v) is 14.6. The van der Waals surface area contributed by atoms with E-state index in [4.69, 9.17) is 0 Å². The summed E-state index contributed by atoms with van der Waals surface area (Å²) >= 11 is 0. The van der Waals surface area contributed by atoms with Gasteiger partial charge in [0.05, 0.1) is 0 Å². The first kappa shape index (κ1) is 21.9. The fourth-order valence-electron chi connectivity index (χ4n) is 2.06. The first-order valence-electron chi connectivity index (χ1n) is 8.83. The molecule has 0 saturated heterocycles. The van der Waals surface area contributed by atoms with Gasteiger partial charge in [0.15, 0.2) is 0 Å². The predicted molar refractivity (Wildman–Crippen MR) is 91.4 cm³/mol. The summed E-state index contributed by atoms with van der Waals surface area (Å²) in [5.41, 5.74) is 0. The van der Waals surface area contributed by atoms with Gasteiger partial charge in [-0.25, -0.2) is 0 Å². The molecule has 0 heterocycles. The van der Waals surface area contributed by atoms with E-state index in [1.54, 1.807) is 6.92 Å². The molecule has 0 aliphatic heterocycles. The van der Waals surface area contributed by atoms with Crippen LogP contribution < -0.4 is 5.32 Å². The minimum atomic E-state index is 0.330. The van der Waals surface area contributed by atoms with E-state index in [1.165, 1.54) is 70.8 Å². The van der Waals surface area contributed by atoms with Crippen LogP contribution in [0.3, 0.4) is 0 Å². The van der Waals surface area contributed by atoms with Crippen LogP contribution in [0.25, 0.3) is 0 Å². The van der Waals surface area contributed by atoms with E-state index in [-0.39, 0.29) is 0 Å². The van der Waals surface area contributed by atoms with Crippen LogP contribution in [0.4, 0.5) is 0 Å². The van der Waals surface area contributed by atoms with Gasteiger partial charge in [-0.1, -0.05) is 71.6 Å². The van der Waals surface area contributed by atoms with E-state index in [2.05, 4.69) is 19.2 Å². The molecule has 20 heavy (non-hydrogen) atoms. The second kappa shape index (κ2) is 20.9. The van der Waals surface area contributed by atoms with Crippen LogP contribution in [0.1, 0.15) is 97.8 Å². The van der Waals surface area contributed by atoms with E-state index >= 15 is 0 Å². The maximum Gasteiger partial charge on any atom is 0.129 e. The molecule has 2 nitrogen and oxygen atoms in total. The average Bonchev–Trinajstić information content (AvgIpc) is 2.43. The number of carbonyl (C=O) groups excluding carboxylic acids is 1. The maximum absolute atomic E-state index is 10.5. The van der Waals surface area contributed by atoms with Crippen molar-refractivity contribution < 1.29 is 4.79 Å². The van der Waals surface area contributed by atoms with Gasteiger partial charge in [0.25, 0.3) is 0 Å². The molecule has 0 amide bonds. The zero-order chi connectivity index (χ0) is 15.5. The lowest BCUT2D eigenvalue weighted by molar-refractivity contribution is -0.117. The van der Waals surface area contributed by atoms with Gasteiger partial charge in [-0.2, -0.15) is 0 Å². The zero-order valence-electron chi connectivity index (χ0n) is 14.6. The van der Waals surface area contributed by atoms with Crippen LogP contribution in [0.2, 0.25) is 0 Å². The smallest absolute Gasteiger partial charge is 0.129 e. The van der Waals surface area contributed by atoms with Crippen molar-refractivity contribution in [2.24, 2.45) is 0 Å². The predicted octanol–water partition coefficient (Wildman–Crippen LogP) is 5.50. The van der Waals surface area contributed by atoms with Gasteiger partial charge in [-0.3, -0.25) is 0 Å². The summed E-state index contributed by atoms with van der Waals surface area (Å²) in [4.78, 5) is 10.5. The topological polar surface area (TPSA) is 29.1 Å². The standard InChI is InChI=1S/C9H21N.C9H18O/c1-3-4-5-6-7-8-9-10-2;1-3-4-5-6-7-8-9(2)10/h10H,3-9H2,1-2H3;3-8H2,1-2H3. The summed E-state index contributed by atoms with van der Waals surface area (Å²) in [7, 11) is 2.02. The third-order valence-corrected chi connectivity index (χ3v) is 3.41. The number of hydrogen-bond donors (Lipinski definition) is 1. The summed E-state index contributed by atoms with van der Waals surface area (Å²) in [6, 6.07) is 0. The summed E-state index contributed by atoms with van der Waals surface area (Å²) in [5, 5.41) is 3.16. The molecule has 0 fully saturated rings. The molecule has 2 heteroatoms. The lowest BCUT2D eigenvalue weighted by Gasteiger charge is -1.98. The monoisotopic (exact) mass is 285 g/mol. The van der Waals surface area contributed by atoms with E-state index in [9.17, 15) is 4.79 Å². The minimum absolute atomic E-state index is 0.330. The van der Waals surface area contributed by atoms with Gasteiger partial charge in [-0.05, 0) is 33.4 Å². The fourth-order valence-corrected chi connectivity index (χ4v) is 2.06. The molecule has 122 valence electrons. The largest absolute Gasteiger partial charge is 0.320 e. The Bertz CT molecular complexity index is 172. The lowest BCUT2D eigenvalue weighted by Crippen LogP contribution is -2.06. The summed E-state index contributed by atoms with van der Waals surface area (Å²) < 4.78 is 0. The second-order valence-electron chi connectivity index (χ2n) is 5.74. The fraction of sp³-hybridized carbons (Fsp3) is 0.944. The van der Waals surface area contributed by atoms with Crippen LogP contribution in [0.5, 0.6) is 0 Å². The van der Waals surface area contributed by atoms with Gasteiger partial charge in [0.1, 0.15) is 5.78 Å². The number of rotatable bonds is 13. The Balaban J connectivity index is 0. The first-order valence-corrected chi connectivity index (χ1v) is 8.83. The SMILES string of the molecule is CCCCCCCC(C)=O.CCCCCCCCNC. The summed E-state index contributed by atoms with van der Waals surface area (Å²) in [6.07, 6.45) is 15.4. The normalized spacial score (nSPS) is 10.0. The Kier molecular flexibility index (Phi) is 22.9. The van der Waals surface area contributed by atoms with Crippen LogP contribution in [0, 0.1) is 0 Å². The van der Waals surface area contributed by atoms with Crippen molar-refractivity contribution in [3.8, 4) is 0 Å². The van der Waals surface area contributed by atoms with Gasteiger partial charge in [0.2, 0.25) is 0 Å². The van der Waals surface area contributed by atoms with Crippen molar-refractivity contribution in [2.45, 2.75) is 97.8 Å². The van der Waals surface area contributed by atoms with Crippen molar-refractivity contribution in [1.29, 1.82) is 0 Å². The molecule has 0 aromatic heterocycles. The summed E-state index contributed by atoms with van der Waals surface area (Å²) in [6.45, 7) is 7.31. The van der Waals surface area contributed by atoms with Gasteiger partial charge >= 0.3 is 0 Å². The third kappa shape index (κ3) is 26.2. The second-order valence-corrected chi connectivity index (χ2v) is 5.74. The number of ketones is 1. The van der Waals surface area contributed by atoms with Crippen molar-refractivity contribution >= 4 is 5.78 Å². The quantitative estimate of drug-likeness (QED) is 0.453. The molecule has 0 atom stereocenters. The Morgan fingerprint density at radius 3 is 1.65 bits per heavy atom. The van der Waals surface area contributed by atoms with Crippen molar-refractivity contribution in [3.05, 3.63) is 0 Å². The highest BCUT2D eigenvalue weighted by Gasteiger charge is 1.92. The van der Waals surface area contributed by atoms with Crippen LogP contribution in [0.15, 0.2) is 0 Å². The molecule has 0 unspecified atom stereocenters. The molecular formula is C18H39NO. The van der Waals surface area contributed by atoms with Crippen LogP contribution in [-0.4, -0.2) is 19.4 Å².